The minimum Gasteiger partial charge on any atom is -0.366 e. The molecule has 0 saturated carbocycles. The Morgan fingerprint density at radius 1 is 1.40 bits per heavy atom. The van der Waals surface area contributed by atoms with Gasteiger partial charge in [-0.2, -0.15) is 13.2 Å². The van der Waals surface area contributed by atoms with Crippen molar-refractivity contribution in [3.8, 4) is 0 Å². The largest absolute Gasteiger partial charge is 0.408 e. The predicted molar refractivity (Wildman–Crippen MR) is 49.6 cm³/mol. The Bertz CT molecular complexity index is 378. The number of carbonyl (C=O) groups excluding carboxylic acids is 1. The van der Waals surface area contributed by atoms with Crippen LogP contribution in [0.1, 0.15) is 21.3 Å². The predicted octanol–water partition coefficient (Wildman–Crippen LogP) is 2.63. The van der Waals surface area contributed by atoms with Gasteiger partial charge in [-0.15, -0.1) is 11.6 Å². The van der Waals surface area contributed by atoms with Gasteiger partial charge in [-0.3, -0.25) is 4.79 Å². The van der Waals surface area contributed by atoms with Gasteiger partial charge in [0.15, 0.2) is 5.38 Å². The Kier molecular flexibility index (Phi) is 3.24. The first kappa shape index (κ1) is 11.8. The first-order chi connectivity index (χ1) is 6.82. The third-order valence-electron chi connectivity index (χ3n) is 1.75. The summed E-state index contributed by atoms with van der Waals surface area (Å²) in [5, 5.41) is -2.13. The maximum Gasteiger partial charge on any atom is 0.408 e. The second-order valence-corrected chi connectivity index (χ2v) is 3.33. The summed E-state index contributed by atoms with van der Waals surface area (Å²) in [7, 11) is 0. The molecule has 0 heterocycles. The van der Waals surface area contributed by atoms with E-state index in [0.29, 0.717) is 0 Å². The zero-order chi connectivity index (χ0) is 11.6. The standard InChI is InChI=1S/C9H7ClF3NO/c10-7(9(11,12)13)5-2-1-3-6(4-5)8(14)15/h1-4,7H,(H2,14,15). The van der Waals surface area contributed by atoms with E-state index in [0.717, 1.165) is 6.07 Å². The van der Waals surface area contributed by atoms with E-state index in [1.54, 1.807) is 0 Å². The lowest BCUT2D eigenvalue weighted by Crippen LogP contribution is -2.17. The van der Waals surface area contributed by atoms with Crippen LogP contribution in [0.3, 0.4) is 0 Å². The molecule has 1 aromatic rings. The average molecular weight is 238 g/mol. The van der Waals surface area contributed by atoms with Crippen LogP contribution in [0.4, 0.5) is 13.2 Å². The van der Waals surface area contributed by atoms with Crippen LogP contribution in [0.5, 0.6) is 0 Å². The second kappa shape index (κ2) is 4.10. The highest BCUT2D eigenvalue weighted by Crippen LogP contribution is 2.38. The second-order valence-electron chi connectivity index (χ2n) is 2.89. The molecule has 1 amide bonds. The number of amides is 1. The van der Waals surface area contributed by atoms with Crippen LogP contribution in [0.15, 0.2) is 24.3 Å². The van der Waals surface area contributed by atoms with Crippen molar-refractivity contribution in [3.05, 3.63) is 35.4 Å². The molecule has 2 N–H and O–H groups in total. The average Bonchev–Trinajstić information content (AvgIpc) is 2.15. The van der Waals surface area contributed by atoms with Crippen molar-refractivity contribution >= 4 is 17.5 Å². The van der Waals surface area contributed by atoms with Crippen LogP contribution in [0, 0.1) is 0 Å². The number of hydrogen-bond donors (Lipinski definition) is 1. The summed E-state index contributed by atoms with van der Waals surface area (Å²) >= 11 is 5.18. The molecule has 0 fully saturated rings. The van der Waals surface area contributed by atoms with Crippen molar-refractivity contribution in [3.63, 3.8) is 0 Å². The normalized spacial score (nSPS) is 13.6. The molecule has 1 aromatic carbocycles. The number of halogens is 4. The fourth-order valence-electron chi connectivity index (χ4n) is 1.04. The summed E-state index contributed by atoms with van der Waals surface area (Å²) in [6.07, 6.45) is -4.54. The van der Waals surface area contributed by atoms with E-state index in [4.69, 9.17) is 17.3 Å². The fraction of sp³-hybridized carbons (Fsp3) is 0.222. The molecule has 82 valence electrons. The lowest BCUT2D eigenvalue weighted by atomic mass is 10.1. The molecule has 6 heteroatoms. The van der Waals surface area contributed by atoms with Gasteiger partial charge >= 0.3 is 6.18 Å². The maximum absolute atomic E-state index is 12.2. The lowest BCUT2D eigenvalue weighted by Gasteiger charge is -2.14. The van der Waals surface area contributed by atoms with Crippen molar-refractivity contribution in [2.24, 2.45) is 5.73 Å². The molecule has 0 aliphatic heterocycles. The van der Waals surface area contributed by atoms with E-state index in [1.807, 2.05) is 0 Å². The van der Waals surface area contributed by atoms with Crippen LogP contribution in [0.2, 0.25) is 0 Å². The highest BCUT2D eigenvalue weighted by atomic mass is 35.5. The molecule has 0 bridgehead atoms. The van der Waals surface area contributed by atoms with Crippen LogP contribution >= 0.6 is 11.6 Å². The van der Waals surface area contributed by atoms with Crippen LogP contribution < -0.4 is 5.73 Å². The van der Waals surface area contributed by atoms with E-state index in [-0.39, 0.29) is 11.1 Å². The van der Waals surface area contributed by atoms with Gasteiger partial charge in [0.2, 0.25) is 5.91 Å². The molecular weight excluding hydrogens is 231 g/mol. The molecular formula is C9H7ClF3NO. The number of primary amides is 1. The first-order valence-electron chi connectivity index (χ1n) is 3.93. The van der Waals surface area contributed by atoms with E-state index >= 15 is 0 Å². The number of nitrogens with two attached hydrogens (primary N) is 1. The number of hydrogen-bond acceptors (Lipinski definition) is 1. The molecule has 1 atom stereocenters. The highest BCUT2D eigenvalue weighted by Gasteiger charge is 2.39. The van der Waals surface area contributed by atoms with Gasteiger partial charge in [-0.1, -0.05) is 12.1 Å². The van der Waals surface area contributed by atoms with Crippen molar-refractivity contribution in [1.82, 2.24) is 0 Å². The Morgan fingerprint density at radius 3 is 2.47 bits per heavy atom. The fourth-order valence-corrected chi connectivity index (χ4v) is 1.17. The highest BCUT2D eigenvalue weighted by molar-refractivity contribution is 6.21. The van der Waals surface area contributed by atoms with Crippen LogP contribution in [-0.4, -0.2) is 12.1 Å². The number of alkyl halides is 4. The lowest BCUT2D eigenvalue weighted by molar-refractivity contribution is -0.131. The molecule has 0 spiro atoms. The zero-order valence-electron chi connectivity index (χ0n) is 7.38. The van der Waals surface area contributed by atoms with Gasteiger partial charge in [0, 0.05) is 5.56 Å². The number of benzene rings is 1. The van der Waals surface area contributed by atoms with Crippen molar-refractivity contribution in [2.75, 3.05) is 0 Å². The maximum atomic E-state index is 12.2. The molecule has 1 unspecified atom stereocenters. The molecule has 0 saturated heterocycles. The summed E-state index contributed by atoms with van der Waals surface area (Å²) in [6.45, 7) is 0. The molecule has 2 nitrogen and oxygen atoms in total. The van der Waals surface area contributed by atoms with E-state index in [2.05, 4.69) is 0 Å². The van der Waals surface area contributed by atoms with Gasteiger partial charge in [-0.25, -0.2) is 0 Å². The van der Waals surface area contributed by atoms with Crippen LogP contribution in [0.25, 0.3) is 0 Å². The van der Waals surface area contributed by atoms with E-state index in [1.165, 1.54) is 18.2 Å². The van der Waals surface area contributed by atoms with Crippen LogP contribution in [-0.2, 0) is 0 Å². The Morgan fingerprint density at radius 2 is 2.00 bits per heavy atom. The Labute approximate surface area is 88.8 Å². The molecule has 0 radical (unpaired) electrons. The van der Waals surface area contributed by atoms with Gasteiger partial charge < -0.3 is 5.73 Å². The third-order valence-corrected chi connectivity index (χ3v) is 2.25. The van der Waals surface area contributed by atoms with Crippen molar-refractivity contribution in [2.45, 2.75) is 11.6 Å². The first-order valence-corrected chi connectivity index (χ1v) is 4.36. The summed E-state index contributed by atoms with van der Waals surface area (Å²) in [5.41, 5.74) is 4.74. The third kappa shape index (κ3) is 2.86. The zero-order valence-corrected chi connectivity index (χ0v) is 8.14. The van der Waals surface area contributed by atoms with Gasteiger partial charge in [0.25, 0.3) is 0 Å². The van der Waals surface area contributed by atoms with Gasteiger partial charge in [0.05, 0.1) is 0 Å². The Balaban J connectivity index is 3.06. The van der Waals surface area contributed by atoms with Crippen molar-refractivity contribution < 1.29 is 18.0 Å². The van der Waals surface area contributed by atoms with E-state index < -0.39 is 17.5 Å². The number of carbonyl (C=O) groups is 1. The molecule has 0 aliphatic rings. The number of rotatable bonds is 2. The quantitative estimate of drug-likeness (QED) is 0.790. The molecule has 1 rings (SSSR count). The summed E-state index contributed by atoms with van der Waals surface area (Å²) in [4.78, 5) is 10.7. The Hall–Kier alpha value is -1.23. The summed E-state index contributed by atoms with van der Waals surface area (Å²) in [6, 6.07) is 4.85. The summed E-state index contributed by atoms with van der Waals surface area (Å²) in [5.74, 6) is -0.789. The van der Waals surface area contributed by atoms with Gasteiger partial charge in [0.1, 0.15) is 0 Å². The minimum atomic E-state index is -4.54. The van der Waals surface area contributed by atoms with Gasteiger partial charge in [-0.05, 0) is 17.7 Å². The summed E-state index contributed by atoms with van der Waals surface area (Å²) < 4.78 is 36.7. The smallest absolute Gasteiger partial charge is 0.366 e. The monoisotopic (exact) mass is 237 g/mol. The molecule has 0 aromatic heterocycles. The van der Waals surface area contributed by atoms with E-state index in [9.17, 15) is 18.0 Å². The van der Waals surface area contributed by atoms with Crippen molar-refractivity contribution in [1.29, 1.82) is 0 Å². The minimum absolute atomic E-state index is 0.00222. The topological polar surface area (TPSA) is 43.1 Å². The molecule has 15 heavy (non-hydrogen) atoms. The SMILES string of the molecule is NC(=O)c1cccc(C(Cl)C(F)(F)F)c1. The molecule has 0 aliphatic carbocycles.